The van der Waals surface area contributed by atoms with Crippen LogP contribution in [0.4, 0.5) is 5.69 Å². The quantitative estimate of drug-likeness (QED) is 0.868. The van der Waals surface area contributed by atoms with E-state index < -0.39 is 0 Å². The summed E-state index contributed by atoms with van der Waals surface area (Å²) in [4.78, 5) is 2.57. The van der Waals surface area contributed by atoms with Crippen molar-refractivity contribution in [1.29, 1.82) is 0 Å². The molecule has 0 spiro atoms. The maximum atomic E-state index is 6.28. The Kier molecular flexibility index (Phi) is 3.01. The SMILES string of the molecule is Cc1ccc(NC2CCN3CCC2C3)c(Cl)c1. The van der Waals surface area contributed by atoms with Crippen LogP contribution < -0.4 is 5.32 Å². The monoisotopic (exact) mass is 250 g/mol. The van der Waals surface area contributed by atoms with Crippen LogP contribution in [0.25, 0.3) is 0 Å². The van der Waals surface area contributed by atoms with Crippen LogP contribution >= 0.6 is 11.6 Å². The summed E-state index contributed by atoms with van der Waals surface area (Å²) < 4.78 is 0. The van der Waals surface area contributed by atoms with Gasteiger partial charge >= 0.3 is 0 Å². The third kappa shape index (κ3) is 2.29. The van der Waals surface area contributed by atoms with E-state index in [0.29, 0.717) is 6.04 Å². The number of halogens is 1. The van der Waals surface area contributed by atoms with Crippen LogP contribution in [0.2, 0.25) is 5.02 Å². The second-order valence-electron chi connectivity index (χ2n) is 5.37. The van der Waals surface area contributed by atoms with Gasteiger partial charge in [-0.25, -0.2) is 0 Å². The molecule has 3 heteroatoms. The molecular formula is C14H19ClN2. The van der Waals surface area contributed by atoms with Crippen molar-refractivity contribution in [3.05, 3.63) is 28.8 Å². The summed E-state index contributed by atoms with van der Waals surface area (Å²) >= 11 is 6.28. The maximum absolute atomic E-state index is 6.28. The average Bonchev–Trinajstić information content (AvgIpc) is 2.69. The van der Waals surface area contributed by atoms with E-state index in [2.05, 4.69) is 29.3 Å². The molecule has 2 heterocycles. The van der Waals surface area contributed by atoms with Crippen molar-refractivity contribution in [3.8, 4) is 0 Å². The zero-order valence-electron chi connectivity index (χ0n) is 10.2. The predicted octanol–water partition coefficient (Wildman–Crippen LogP) is 3.15. The van der Waals surface area contributed by atoms with Crippen molar-refractivity contribution in [1.82, 2.24) is 4.90 Å². The number of nitrogens with zero attached hydrogens (tertiary/aromatic N) is 1. The second-order valence-corrected chi connectivity index (χ2v) is 5.78. The Morgan fingerprint density at radius 1 is 1.29 bits per heavy atom. The molecule has 1 aromatic rings. The van der Waals surface area contributed by atoms with Gasteiger partial charge in [-0.2, -0.15) is 0 Å². The zero-order valence-corrected chi connectivity index (χ0v) is 11.0. The Hall–Kier alpha value is -0.730. The topological polar surface area (TPSA) is 15.3 Å². The van der Waals surface area contributed by atoms with Gasteiger partial charge in [-0.3, -0.25) is 0 Å². The van der Waals surface area contributed by atoms with Gasteiger partial charge in [0, 0.05) is 19.1 Å². The van der Waals surface area contributed by atoms with Crippen molar-refractivity contribution in [2.75, 3.05) is 25.0 Å². The third-order valence-corrected chi connectivity index (χ3v) is 4.41. The molecule has 17 heavy (non-hydrogen) atoms. The highest BCUT2D eigenvalue weighted by Gasteiger charge is 2.34. The molecule has 0 radical (unpaired) electrons. The van der Waals surface area contributed by atoms with Gasteiger partial charge in [0.1, 0.15) is 0 Å². The lowest BCUT2D eigenvalue weighted by atomic mass is 9.94. The summed E-state index contributed by atoms with van der Waals surface area (Å²) in [5.41, 5.74) is 2.32. The molecule has 2 saturated heterocycles. The summed E-state index contributed by atoms with van der Waals surface area (Å²) in [6.07, 6.45) is 2.58. The molecule has 0 aromatic heterocycles. The van der Waals surface area contributed by atoms with E-state index in [9.17, 15) is 0 Å². The summed E-state index contributed by atoms with van der Waals surface area (Å²) in [6.45, 7) is 5.86. The Morgan fingerprint density at radius 3 is 2.94 bits per heavy atom. The van der Waals surface area contributed by atoms with Crippen LogP contribution in [0.1, 0.15) is 18.4 Å². The van der Waals surface area contributed by atoms with Gasteiger partial charge in [0.15, 0.2) is 0 Å². The molecule has 0 saturated carbocycles. The largest absolute Gasteiger partial charge is 0.381 e. The first-order valence-corrected chi connectivity index (χ1v) is 6.85. The Morgan fingerprint density at radius 2 is 2.12 bits per heavy atom. The number of rotatable bonds is 2. The number of fused-ring (bicyclic) bond motifs is 2. The van der Waals surface area contributed by atoms with Crippen LogP contribution in [0, 0.1) is 12.8 Å². The molecule has 0 amide bonds. The van der Waals surface area contributed by atoms with Crippen molar-refractivity contribution in [2.45, 2.75) is 25.8 Å². The minimum absolute atomic E-state index is 0.606. The molecule has 2 fully saturated rings. The Balaban J connectivity index is 1.73. The van der Waals surface area contributed by atoms with Crippen LogP contribution in [-0.4, -0.2) is 30.6 Å². The van der Waals surface area contributed by atoms with Gasteiger partial charge < -0.3 is 10.2 Å². The van der Waals surface area contributed by atoms with Gasteiger partial charge in [0.2, 0.25) is 0 Å². The molecular weight excluding hydrogens is 232 g/mol. The van der Waals surface area contributed by atoms with Crippen LogP contribution in [-0.2, 0) is 0 Å². The summed E-state index contributed by atoms with van der Waals surface area (Å²) in [7, 11) is 0. The molecule has 92 valence electrons. The third-order valence-electron chi connectivity index (χ3n) is 4.10. The van der Waals surface area contributed by atoms with Crippen molar-refractivity contribution in [3.63, 3.8) is 0 Å². The van der Waals surface area contributed by atoms with E-state index in [-0.39, 0.29) is 0 Å². The first-order chi connectivity index (χ1) is 8.22. The van der Waals surface area contributed by atoms with Gasteiger partial charge in [-0.05, 0) is 49.9 Å². The predicted molar refractivity (Wildman–Crippen MR) is 72.8 cm³/mol. The van der Waals surface area contributed by atoms with E-state index >= 15 is 0 Å². The number of hydrogen-bond acceptors (Lipinski definition) is 2. The summed E-state index contributed by atoms with van der Waals surface area (Å²) in [5, 5.41) is 4.50. The van der Waals surface area contributed by atoms with E-state index in [4.69, 9.17) is 11.6 Å². The number of hydrogen-bond donors (Lipinski definition) is 1. The number of aryl methyl sites for hydroxylation is 1. The lowest BCUT2D eigenvalue weighted by molar-refractivity contribution is 0.255. The molecule has 1 aromatic carbocycles. The molecule has 0 aliphatic carbocycles. The fraction of sp³-hybridized carbons (Fsp3) is 0.571. The molecule has 2 bridgehead atoms. The number of piperidine rings is 1. The van der Waals surface area contributed by atoms with Gasteiger partial charge in [0.05, 0.1) is 10.7 Å². The number of nitrogens with one attached hydrogen (secondary N) is 1. The van der Waals surface area contributed by atoms with Crippen molar-refractivity contribution in [2.24, 2.45) is 5.92 Å². The smallest absolute Gasteiger partial charge is 0.0640 e. The van der Waals surface area contributed by atoms with E-state index in [1.54, 1.807) is 0 Å². The molecule has 2 aliphatic rings. The van der Waals surface area contributed by atoms with Crippen molar-refractivity contribution >= 4 is 17.3 Å². The van der Waals surface area contributed by atoms with Gasteiger partial charge in [-0.1, -0.05) is 17.7 Å². The van der Waals surface area contributed by atoms with Crippen LogP contribution in [0.15, 0.2) is 18.2 Å². The maximum Gasteiger partial charge on any atom is 0.0640 e. The minimum Gasteiger partial charge on any atom is -0.381 e. The van der Waals surface area contributed by atoms with E-state index in [1.165, 1.54) is 38.0 Å². The minimum atomic E-state index is 0.606. The zero-order chi connectivity index (χ0) is 11.8. The molecule has 3 rings (SSSR count). The highest BCUT2D eigenvalue weighted by Crippen LogP contribution is 2.31. The van der Waals surface area contributed by atoms with Crippen molar-refractivity contribution < 1.29 is 0 Å². The highest BCUT2D eigenvalue weighted by atomic mass is 35.5. The van der Waals surface area contributed by atoms with E-state index in [1.807, 2.05) is 6.07 Å². The molecule has 2 nitrogen and oxygen atoms in total. The molecule has 1 N–H and O–H groups in total. The lowest BCUT2D eigenvalue weighted by Crippen LogP contribution is -2.39. The highest BCUT2D eigenvalue weighted by molar-refractivity contribution is 6.33. The second kappa shape index (κ2) is 4.51. The Bertz CT molecular complexity index is 419. The number of anilines is 1. The first kappa shape index (κ1) is 11.4. The first-order valence-electron chi connectivity index (χ1n) is 6.47. The Labute approximate surface area is 108 Å². The standard InChI is InChI=1S/C14H19ClN2/c1-10-2-3-14(12(15)8-10)16-13-5-7-17-6-4-11(13)9-17/h2-3,8,11,13,16H,4-7,9H2,1H3. The number of benzene rings is 1. The molecule has 2 aliphatic heterocycles. The van der Waals surface area contributed by atoms with Gasteiger partial charge in [-0.15, -0.1) is 0 Å². The summed E-state index contributed by atoms with van der Waals surface area (Å²) in [6, 6.07) is 6.87. The lowest BCUT2D eigenvalue weighted by Gasteiger charge is -2.32. The fourth-order valence-corrected chi connectivity index (χ4v) is 3.37. The average molecular weight is 251 g/mol. The van der Waals surface area contributed by atoms with Crippen LogP contribution in [0.3, 0.4) is 0 Å². The molecule has 3 atom stereocenters. The van der Waals surface area contributed by atoms with Crippen LogP contribution in [0.5, 0.6) is 0 Å². The van der Waals surface area contributed by atoms with Gasteiger partial charge in [0.25, 0.3) is 0 Å². The molecule has 3 unspecified atom stereocenters. The fourth-order valence-electron chi connectivity index (χ4n) is 3.08. The normalized spacial score (nSPS) is 31.5. The summed E-state index contributed by atoms with van der Waals surface area (Å²) in [5.74, 6) is 0.807. The van der Waals surface area contributed by atoms with E-state index in [0.717, 1.165) is 16.6 Å².